The van der Waals surface area contributed by atoms with Crippen LogP contribution in [0.25, 0.3) is 0 Å². The maximum atomic E-state index is 12.4. The SMILES string of the molecule is CCN(C(=O)COC(=O)c1ccc(OCc2ccccc2)cc1)C1CCS(=O)(=O)C1. The van der Waals surface area contributed by atoms with Crippen molar-refractivity contribution in [3.05, 3.63) is 65.7 Å². The third-order valence-electron chi connectivity index (χ3n) is 4.98. The Morgan fingerprint density at radius 1 is 1.07 bits per heavy atom. The van der Waals surface area contributed by atoms with Crippen molar-refractivity contribution in [3.8, 4) is 5.75 Å². The summed E-state index contributed by atoms with van der Waals surface area (Å²) in [6.07, 6.45) is 0.417. The number of rotatable bonds is 8. The number of benzene rings is 2. The van der Waals surface area contributed by atoms with Crippen LogP contribution in [0.15, 0.2) is 54.6 Å². The van der Waals surface area contributed by atoms with E-state index in [9.17, 15) is 18.0 Å². The molecule has 1 amide bonds. The lowest BCUT2D eigenvalue weighted by molar-refractivity contribution is -0.136. The zero-order valence-corrected chi connectivity index (χ0v) is 17.6. The minimum Gasteiger partial charge on any atom is -0.489 e. The molecule has 2 aromatic carbocycles. The molecule has 7 nitrogen and oxygen atoms in total. The van der Waals surface area contributed by atoms with E-state index < -0.39 is 28.3 Å². The molecule has 0 N–H and O–H groups in total. The lowest BCUT2D eigenvalue weighted by atomic mass is 10.2. The van der Waals surface area contributed by atoms with E-state index in [-0.39, 0.29) is 17.5 Å². The molecule has 1 heterocycles. The fourth-order valence-corrected chi connectivity index (χ4v) is 5.11. The van der Waals surface area contributed by atoms with E-state index in [1.165, 1.54) is 4.90 Å². The maximum absolute atomic E-state index is 12.4. The molecule has 1 fully saturated rings. The normalized spacial score (nSPS) is 17.3. The topological polar surface area (TPSA) is 90.0 Å². The summed E-state index contributed by atoms with van der Waals surface area (Å²) in [7, 11) is -3.10. The number of nitrogens with zero attached hydrogens (tertiary/aromatic N) is 1. The Bertz CT molecular complexity index is 972. The molecule has 3 rings (SSSR count). The van der Waals surface area contributed by atoms with Crippen LogP contribution in [0.3, 0.4) is 0 Å². The van der Waals surface area contributed by atoms with Gasteiger partial charge in [-0.25, -0.2) is 13.2 Å². The van der Waals surface area contributed by atoms with E-state index in [0.29, 0.717) is 30.9 Å². The van der Waals surface area contributed by atoms with E-state index in [2.05, 4.69) is 0 Å². The van der Waals surface area contributed by atoms with Crippen molar-refractivity contribution >= 4 is 21.7 Å². The van der Waals surface area contributed by atoms with Crippen LogP contribution in [0.1, 0.15) is 29.3 Å². The summed E-state index contributed by atoms with van der Waals surface area (Å²) in [5.41, 5.74) is 1.34. The molecule has 8 heteroatoms. The first kappa shape index (κ1) is 21.8. The van der Waals surface area contributed by atoms with Gasteiger partial charge in [-0.3, -0.25) is 4.79 Å². The van der Waals surface area contributed by atoms with Gasteiger partial charge in [0, 0.05) is 12.6 Å². The summed E-state index contributed by atoms with van der Waals surface area (Å²) < 4.78 is 34.1. The zero-order valence-electron chi connectivity index (χ0n) is 16.8. The Kier molecular flexibility index (Phi) is 7.10. The van der Waals surface area contributed by atoms with Gasteiger partial charge in [-0.2, -0.15) is 0 Å². The van der Waals surface area contributed by atoms with E-state index in [4.69, 9.17) is 9.47 Å². The van der Waals surface area contributed by atoms with Crippen molar-refractivity contribution in [1.82, 2.24) is 4.90 Å². The minimum absolute atomic E-state index is 0.0367. The molecule has 1 aliphatic heterocycles. The van der Waals surface area contributed by atoms with Gasteiger partial charge in [0.25, 0.3) is 5.91 Å². The first-order valence-corrected chi connectivity index (χ1v) is 11.6. The first-order chi connectivity index (χ1) is 14.4. The first-order valence-electron chi connectivity index (χ1n) is 9.82. The van der Waals surface area contributed by atoms with Gasteiger partial charge in [-0.1, -0.05) is 30.3 Å². The van der Waals surface area contributed by atoms with Gasteiger partial charge in [-0.15, -0.1) is 0 Å². The Balaban J connectivity index is 1.49. The lowest BCUT2D eigenvalue weighted by Crippen LogP contribution is -2.43. The lowest BCUT2D eigenvalue weighted by Gasteiger charge is -2.26. The molecule has 0 radical (unpaired) electrons. The summed E-state index contributed by atoms with van der Waals surface area (Å²) in [6.45, 7) is 2.14. The number of carbonyl (C=O) groups is 2. The van der Waals surface area contributed by atoms with Crippen LogP contribution < -0.4 is 4.74 Å². The summed E-state index contributed by atoms with van der Waals surface area (Å²) in [4.78, 5) is 26.1. The molecule has 1 aliphatic rings. The Labute approximate surface area is 176 Å². The molecule has 0 saturated carbocycles. The molecule has 30 heavy (non-hydrogen) atoms. The fourth-order valence-electron chi connectivity index (χ4n) is 3.38. The van der Waals surface area contributed by atoms with E-state index in [1.54, 1.807) is 31.2 Å². The predicted molar refractivity (Wildman–Crippen MR) is 112 cm³/mol. The van der Waals surface area contributed by atoms with Crippen molar-refractivity contribution in [1.29, 1.82) is 0 Å². The summed E-state index contributed by atoms with van der Waals surface area (Å²) >= 11 is 0. The highest BCUT2D eigenvalue weighted by Crippen LogP contribution is 2.18. The molecule has 2 aromatic rings. The number of sulfone groups is 1. The third kappa shape index (κ3) is 5.82. The van der Waals surface area contributed by atoms with Gasteiger partial charge in [0.15, 0.2) is 16.4 Å². The van der Waals surface area contributed by atoms with Crippen molar-refractivity contribution < 1.29 is 27.5 Å². The quantitative estimate of drug-likeness (QED) is 0.597. The highest BCUT2D eigenvalue weighted by atomic mass is 32.2. The molecule has 1 unspecified atom stereocenters. The van der Waals surface area contributed by atoms with E-state index in [0.717, 1.165) is 5.56 Å². The van der Waals surface area contributed by atoms with Gasteiger partial charge in [0.2, 0.25) is 0 Å². The van der Waals surface area contributed by atoms with Crippen LogP contribution in [0.2, 0.25) is 0 Å². The molecule has 1 saturated heterocycles. The van der Waals surface area contributed by atoms with Crippen molar-refractivity contribution in [3.63, 3.8) is 0 Å². The van der Waals surface area contributed by atoms with Crippen molar-refractivity contribution in [2.75, 3.05) is 24.7 Å². The second kappa shape index (κ2) is 9.75. The highest BCUT2D eigenvalue weighted by molar-refractivity contribution is 7.91. The summed E-state index contributed by atoms with van der Waals surface area (Å²) in [6, 6.07) is 15.9. The number of carbonyl (C=O) groups excluding carboxylic acids is 2. The zero-order chi connectivity index (χ0) is 21.6. The van der Waals surface area contributed by atoms with Crippen LogP contribution in [-0.2, 0) is 26.0 Å². The molecule has 0 spiro atoms. The Morgan fingerprint density at radius 3 is 2.37 bits per heavy atom. The molecule has 0 bridgehead atoms. The number of amides is 1. The van der Waals surface area contributed by atoms with Crippen molar-refractivity contribution in [2.24, 2.45) is 0 Å². The van der Waals surface area contributed by atoms with Crippen LogP contribution in [0.5, 0.6) is 5.75 Å². The second-order valence-corrected chi connectivity index (χ2v) is 9.34. The highest BCUT2D eigenvalue weighted by Gasteiger charge is 2.34. The third-order valence-corrected chi connectivity index (χ3v) is 6.73. The number of ether oxygens (including phenoxy) is 2. The van der Waals surface area contributed by atoms with E-state index in [1.807, 2.05) is 30.3 Å². The van der Waals surface area contributed by atoms with Gasteiger partial charge in [-0.05, 0) is 43.2 Å². The Hall–Kier alpha value is -2.87. The largest absolute Gasteiger partial charge is 0.489 e. The summed E-state index contributed by atoms with van der Waals surface area (Å²) in [5.74, 6) is -0.347. The predicted octanol–water partition coefficient (Wildman–Crippen LogP) is 2.46. The average Bonchev–Trinajstić information content (AvgIpc) is 3.11. The average molecular weight is 432 g/mol. The number of esters is 1. The summed E-state index contributed by atoms with van der Waals surface area (Å²) in [5, 5.41) is 0. The molecule has 1 atom stereocenters. The van der Waals surface area contributed by atoms with Crippen LogP contribution in [0, 0.1) is 0 Å². The number of hydrogen-bond acceptors (Lipinski definition) is 6. The number of likely N-dealkylation sites (N-methyl/N-ethyl adjacent to an activating group) is 1. The second-order valence-electron chi connectivity index (χ2n) is 7.11. The van der Waals surface area contributed by atoms with Gasteiger partial charge in [0.1, 0.15) is 12.4 Å². The maximum Gasteiger partial charge on any atom is 0.338 e. The van der Waals surface area contributed by atoms with Crippen LogP contribution >= 0.6 is 0 Å². The van der Waals surface area contributed by atoms with Crippen molar-refractivity contribution in [2.45, 2.75) is 26.0 Å². The smallest absolute Gasteiger partial charge is 0.338 e. The standard InChI is InChI=1S/C22H25NO6S/c1-2-23(19-12-13-30(26,27)16-19)21(24)15-29-22(25)18-8-10-20(11-9-18)28-14-17-6-4-3-5-7-17/h3-11,19H,2,12-16H2,1H3. The molecular formula is C22H25NO6S. The molecule has 0 aliphatic carbocycles. The molecular weight excluding hydrogens is 406 g/mol. The fraction of sp³-hybridized carbons (Fsp3) is 0.364. The van der Waals surface area contributed by atoms with Gasteiger partial charge in [0.05, 0.1) is 17.1 Å². The van der Waals surface area contributed by atoms with Crippen LogP contribution in [-0.4, -0.2) is 55.9 Å². The minimum atomic E-state index is -3.10. The van der Waals surface area contributed by atoms with Gasteiger partial charge >= 0.3 is 5.97 Å². The van der Waals surface area contributed by atoms with Gasteiger partial charge < -0.3 is 14.4 Å². The Morgan fingerprint density at radius 2 is 1.77 bits per heavy atom. The van der Waals surface area contributed by atoms with Crippen LogP contribution in [0.4, 0.5) is 0 Å². The molecule has 0 aromatic heterocycles. The monoisotopic (exact) mass is 431 g/mol. The number of hydrogen-bond donors (Lipinski definition) is 0. The van der Waals surface area contributed by atoms with E-state index >= 15 is 0 Å². The molecule has 160 valence electrons.